The fourth-order valence-corrected chi connectivity index (χ4v) is 2.63. The van der Waals surface area contributed by atoms with Crippen LogP contribution in [0.3, 0.4) is 0 Å². The van der Waals surface area contributed by atoms with Crippen molar-refractivity contribution in [1.82, 2.24) is 10.4 Å². The molecule has 5 heteroatoms. The first kappa shape index (κ1) is 16.7. The minimum atomic E-state index is -0.955. The Kier molecular flexibility index (Phi) is 5.40. The second-order valence-electron chi connectivity index (χ2n) is 6.81. The molecule has 122 valence electrons. The summed E-state index contributed by atoms with van der Waals surface area (Å²) in [5.41, 5.74) is 3.23. The number of ether oxygens (including phenoxy) is 1. The molecule has 1 aromatic carbocycles. The Labute approximate surface area is 131 Å². The van der Waals surface area contributed by atoms with E-state index < -0.39 is 17.9 Å². The normalized spacial score (nSPS) is 23.1. The first-order valence-corrected chi connectivity index (χ1v) is 7.76. The Morgan fingerprint density at radius 1 is 1.36 bits per heavy atom. The van der Waals surface area contributed by atoms with E-state index in [-0.39, 0.29) is 12.5 Å². The molecule has 1 saturated heterocycles. The smallest absolute Gasteiger partial charge is 0.422 e. The van der Waals surface area contributed by atoms with Crippen molar-refractivity contribution in [3.8, 4) is 0 Å². The zero-order valence-corrected chi connectivity index (χ0v) is 13.5. The highest BCUT2D eigenvalue weighted by atomic mass is 19.1. The average Bonchev–Trinajstić information content (AvgIpc) is 2.41. The summed E-state index contributed by atoms with van der Waals surface area (Å²) in [5, 5.41) is 1.61. The van der Waals surface area contributed by atoms with E-state index in [1.54, 1.807) is 25.8 Å². The van der Waals surface area contributed by atoms with Gasteiger partial charge in [-0.15, -0.1) is 0 Å². The van der Waals surface area contributed by atoms with Crippen molar-refractivity contribution < 1.29 is 13.9 Å². The van der Waals surface area contributed by atoms with E-state index in [9.17, 15) is 9.18 Å². The fraction of sp³-hybridized carbons (Fsp3) is 0.588. The Hall–Kier alpha value is -1.62. The monoisotopic (exact) mass is 308 g/mol. The highest BCUT2D eigenvalue weighted by Gasteiger charge is 2.30. The highest BCUT2D eigenvalue weighted by Crippen LogP contribution is 2.23. The third kappa shape index (κ3) is 5.30. The number of nitrogens with zero attached hydrogens (tertiary/aromatic N) is 1. The third-order valence-electron chi connectivity index (χ3n) is 3.67. The van der Waals surface area contributed by atoms with Crippen LogP contribution in [-0.4, -0.2) is 36.0 Å². The van der Waals surface area contributed by atoms with Gasteiger partial charge in [0.1, 0.15) is 11.8 Å². The van der Waals surface area contributed by atoms with Crippen molar-refractivity contribution in [2.45, 2.75) is 45.4 Å². The second kappa shape index (κ2) is 7.09. The van der Waals surface area contributed by atoms with Crippen LogP contribution in [-0.2, 0) is 11.2 Å². The number of hydrogen-bond donors (Lipinski definition) is 1. The number of hydrazine groups is 1. The SMILES string of the molecule is CC(C)(C)OC(=O)NN1CC[C@H](Cc2ccccc2)[C@H](F)C1. The summed E-state index contributed by atoms with van der Waals surface area (Å²) < 4.78 is 19.5. The summed E-state index contributed by atoms with van der Waals surface area (Å²) in [6, 6.07) is 9.96. The van der Waals surface area contributed by atoms with E-state index in [1.807, 2.05) is 30.3 Å². The molecule has 0 saturated carbocycles. The number of carbonyl (C=O) groups is 1. The van der Waals surface area contributed by atoms with Gasteiger partial charge in [0.2, 0.25) is 0 Å². The summed E-state index contributed by atoms with van der Waals surface area (Å²) in [6.07, 6.45) is -0.0289. The summed E-state index contributed by atoms with van der Waals surface area (Å²) in [6.45, 7) is 6.25. The maximum atomic E-state index is 14.3. The molecule has 1 N–H and O–H groups in total. The maximum Gasteiger partial charge on any atom is 0.422 e. The van der Waals surface area contributed by atoms with Crippen molar-refractivity contribution in [3.05, 3.63) is 35.9 Å². The molecule has 0 spiro atoms. The minimum Gasteiger partial charge on any atom is -0.443 e. The second-order valence-corrected chi connectivity index (χ2v) is 6.81. The molecule has 2 rings (SSSR count). The van der Waals surface area contributed by atoms with Gasteiger partial charge in [0, 0.05) is 13.1 Å². The van der Waals surface area contributed by atoms with Crippen LogP contribution in [0.5, 0.6) is 0 Å². The van der Waals surface area contributed by atoms with Gasteiger partial charge in [-0.1, -0.05) is 30.3 Å². The number of nitrogens with one attached hydrogen (secondary N) is 1. The molecule has 0 radical (unpaired) electrons. The highest BCUT2D eigenvalue weighted by molar-refractivity contribution is 5.67. The van der Waals surface area contributed by atoms with E-state index in [0.717, 1.165) is 12.0 Å². The number of amides is 1. The summed E-state index contributed by atoms with van der Waals surface area (Å²) in [5.74, 6) is -0.000846. The fourth-order valence-electron chi connectivity index (χ4n) is 2.63. The molecule has 0 aliphatic carbocycles. The number of piperidine rings is 1. The van der Waals surface area contributed by atoms with Gasteiger partial charge in [0.05, 0.1) is 0 Å². The molecule has 2 atom stereocenters. The van der Waals surface area contributed by atoms with Crippen LogP contribution in [0.25, 0.3) is 0 Å². The van der Waals surface area contributed by atoms with E-state index >= 15 is 0 Å². The van der Waals surface area contributed by atoms with E-state index in [0.29, 0.717) is 13.0 Å². The minimum absolute atomic E-state index is 0.000846. The number of benzene rings is 1. The lowest BCUT2D eigenvalue weighted by molar-refractivity contribution is 0.0112. The Morgan fingerprint density at radius 3 is 2.64 bits per heavy atom. The molecule has 1 heterocycles. The topological polar surface area (TPSA) is 41.6 Å². The molecule has 1 aliphatic heterocycles. The van der Waals surface area contributed by atoms with Crippen LogP contribution < -0.4 is 5.43 Å². The lowest BCUT2D eigenvalue weighted by atomic mass is 9.89. The molecular weight excluding hydrogens is 283 g/mol. The molecular formula is C17H25FN2O2. The largest absolute Gasteiger partial charge is 0.443 e. The van der Waals surface area contributed by atoms with Gasteiger partial charge in [-0.3, -0.25) is 5.43 Å². The zero-order chi connectivity index (χ0) is 16.2. The quantitative estimate of drug-likeness (QED) is 0.931. The van der Waals surface area contributed by atoms with Crippen LogP contribution in [0.4, 0.5) is 9.18 Å². The zero-order valence-electron chi connectivity index (χ0n) is 13.5. The van der Waals surface area contributed by atoms with Crippen LogP contribution in [0.15, 0.2) is 30.3 Å². The Morgan fingerprint density at radius 2 is 2.05 bits per heavy atom. The van der Waals surface area contributed by atoms with E-state index in [2.05, 4.69) is 5.43 Å². The molecule has 0 unspecified atom stereocenters. The van der Waals surface area contributed by atoms with Gasteiger partial charge in [-0.25, -0.2) is 14.2 Å². The van der Waals surface area contributed by atoms with Crippen molar-refractivity contribution in [2.75, 3.05) is 13.1 Å². The van der Waals surface area contributed by atoms with Crippen LogP contribution in [0, 0.1) is 5.92 Å². The lowest BCUT2D eigenvalue weighted by Gasteiger charge is -2.35. The summed E-state index contributed by atoms with van der Waals surface area (Å²) in [4.78, 5) is 11.7. The van der Waals surface area contributed by atoms with Gasteiger partial charge >= 0.3 is 6.09 Å². The van der Waals surface area contributed by atoms with Crippen molar-refractivity contribution >= 4 is 6.09 Å². The predicted molar refractivity (Wildman–Crippen MR) is 84.1 cm³/mol. The number of halogens is 1. The van der Waals surface area contributed by atoms with Gasteiger partial charge in [0.15, 0.2) is 0 Å². The molecule has 1 aliphatic rings. The maximum absolute atomic E-state index is 14.3. The Bertz CT molecular complexity index is 487. The first-order chi connectivity index (χ1) is 10.3. The lowest BCUT2D eigenvalue weighted by Crippen LogP contribution is -2.52. The van der Waals surface area contributed by atoms with Crippen molar-refractivity contribution in [2.24, 2.45) is 5.92 Å². The van der Waals surface area contributed by atoms with E-state index in [1.165, 1.54) is 0 Å². The van der Waals surface area contributed by atoms with Crippen LogP contribution in [0.1, 0.15) is 32.8 Å². The van der Waals surface area contributed by atoms with Crippen molar-refractivity contribution in [1.29, 1.82) is 0 Å². The van der Waals surface area contributed by atoms with Crippen LogP contribution in [0.2, 0.25) is 0 Å². The summed E-state index contributed by atoms with van der Waals surface area (Å²) in [7, 11) is 0. The molecule has 0 bridgehead atoms. The van der Waals surface area contributed by atoms with Gasteiger partial charge in [-0.2, -0.15) is 0 Å². The number of alkyl halides is 1. The number of hydrogen-bond acceptors (Lipinski definition) is 3. The molecule has 0 aromatic heterocycles. The molecule has 1 aromatic rings. The molecule has 1 amide bonds. The summed E-state index contributed by atoms with van der Waals surface area (Å²) >= 11 is 0. The van der Waals surface area contributed by atoms with Crippen LogP contribution >= 0.6 is 0 Å². The van der Waals surface area contributed by atoms with Gasteiger partial charge in [0.25, 0.3) is 0 Å². The van der Waals surface area contributed by atoms with Crippen molar-refractivity contribution in [3.63, 3.8) is 0 Å². The molecule has 1 fully saturated rings. The first-order valence-electron chi connectivity index (χ1n) is 7.76. The third-order valence-corrected chi connectivity index (χ3v) is 3.67. The van der Waals surface area contributed by atoms with Gasteiger partial charge in [-0.05, 0) is 45.1 Å². The van der Waals surface area contributed by atoms with Gasteiger partial charge < -0.3 is 4.74 Å². The number of rotatable bonds is 3. The predicted octanol–water partition coefficient (Wildman–Crippen LogP) is 3.33. The van der Waals surface area contributed by atoms with E-state index in [4.69, 9.17) is 4.74 Å². The number of carbonyl (C=O) groups excluding carboxylic acids is 1. The average molecular weight is 308 g/mol. The standard InChI is InChI=1S/C17H25FN2O2/c1-17(2,3)22-16(21)19-20-10-9-14(15(18)12-20)11-13-7-5-4-6-8-13/h4-8,14-15H,9-12H2,1-3H3,(H,19,21)/t14-,15-/m1/s1. The molecule has 4 nitrogen and oxygen atoms in total. The Balaban J connectivity index is 1.81. The molecule has 22 heavy (non-hydrogen) atoms.